The van der Waals surface area contributed by atoms with Crippen LogP contribution in [0.1, 0.15) is 43.6 Å². The lowest BCUT2D eigenvalue weighted by Gasteiger charge is -2.03. The Morgan fingerprint density at radius 1 is 1.50 bits per heavy atom. The monoisotopic (exact) mass is 224 g/mol. The third-order valence-corrected chi connectivity index (χ3v) is 2.06. The maximum atomic E-state index is 11.6. The van der Waals surface area contributed by atoms with Crippen LogP contribution in [0, 0.1) is 0 Å². The Hall–Kier alpha value is -1.65. The Morgan fingerprint density at radius 2 is 2.19 bits per heavy atom. The predicted octanol–water partition coefficient (Wildman–Crippen LogP) is 1.60. The van der Waals surface area contributed by atoms with E-state index in [1.165, 1.54) is 6.20 Å². The molecule has 0 aliphatic heterocycles. The van der Waals surface area contributed by atoms with E-state index in [0.29, 0.717) is 5.56 Å². The van der Waals surface area contributed by atoms with Crippen LogP contribution in [-0.2, 0) is 9.53 Å². The number of nitrogens with zero attached hydrogens (tertiary/aromatic N) is 2. The van der Waals surface area contributed by atoms with Gasteiger partial charge in [-0.2, -0.15) is 5.10 Å². The minimum absolute atomic E-state index is 0.198. The number of carbonyl (C=O) groups is 2. The average Bonchev–Trinajstić information content (AvgIpc) is 2.66. The van der Waals surface area contributed by atoms with Gasteiger partial charge in [0, 0.05) is 12.2 Å². The molecule has 0 saturated carbocycles. The topological polar surface area (TPSA) is 61.2 Å². The molecular formula is C11H16N2O3. The highest BCUT2D eigenvalue weighted by molar-refractivity contribution is 6.05. The molecule has 0 aliphatic carbocycles. The van der Waals surface area contributed by atoms with E-state index in [2.05, 4.69) is 5.10 Å². The molecule has 5 nitrogen and oxygen atoms in total. The first kappa shape index (κ1) is 12.4. The first-order chi connectivity index (χ1) is 7.54. The molecule has 0 spiro atoms. The van der Waals surface area contributed by atoms with Crippen molar-refractivity contribution < 1.29 is 14.3 Å². The summed E-state index contributed by atoms with van der Waals surface area (Å²) >= 11 is 0. The van der Waals surface area contributed by atoms with E-state index >= 15 is 0 Å². The van der Waals surface area contributed by atoms with Crippen molar-refractivity contribution in [1.29, 1.82) is 0 Å². The molecule has 1 aromatic heterocycles. The van der Waals surface area contributed by atoms with Crippen molar-refractivity contribution in [2.75, 3.05) is 6.61 Å². The number of hydrogen-bond acceptors (Lipinski definition) is 4. The lowest BCUT2D eigenvalue weighted by Crippen LogP contribution is -2.11. The van der Waals surface area contributed by atoms with Crippen LogP contribution in [0.25, 0.3) is 0 Å². The molecule has 0 atom stereocenters. The highest BCUT2D eigenvalue weighted by Crippen LogP contribution is 2.08. The highest BCUT2D eigenvalue weighted by atomic mass is 16.5. The van der Waals surface area contributed by atoms with Crippen molar-refractivity contribution in [2.45, 2.75) is 33.2 Å². The number of aromatic nitrogens is 2. The minimum Gasteiger partial charge on any atom is -0.466 e. The average molecular weight is 224 g/mol. The summed E-state index contributed by atoms with van der Waals surface area (Å²) in [6.45, 7) is 5.93. The number of Topliss-reactive ketones (excluding diaryl/α,β-unsaturated/α-hetero) is 1. The van der Waals surface area contributed by atoms with E-state index in [1.807, 2.05) is 13.8 Å². The molecule has 0 aromatic carbocycles. The second-order valence-electron chi connectivity index (χ2n) is 3.71. The fourth-order valence-electron chi connectivity index (χ4n) is 1.21. The van der Waals surface area contributed by atoms with Crippen LogP contribution >= 0.6 is 0 Å². The van der Waals surface area contributed by atoms with Crippen molar-refractivity contribution in [3.8, 4) is 0 Å². The van der Waals surface area contributed by atoms with Crippen LogP contribution in [0.15, 0.2) is 12.4 Å². The molecule has 1 rings (SSSR count). The fraction of sp³-hybridized carbons (Fsp3) is 0.545. The van der Waals surface area contributed by atoms with Gasteiger partial charge in [-0.3, -0.25) is 14.3 Å². The van der Waals surface area contributed by atoms with Gasteiger partial charge in [0.25, 0.3) is 0 Å². The molecule has 16 heavy (non-hydrogen) atoms. The zero-order valence-electron chi connectivity index (χ0n) is 9.77. The SMILES string of the molecule is CCOC(=O)CC(=O)c1cnn(C(C)C)c1. The minimum atomic E-state index is -0.496. The second kappa shape index (κ2) is 5.44. The molecular weight excluding hydrogens is 208 g/mol. The zero-order chi connectivity index (χ0) is 12.1. The number of rotatable bonds is 5. The summed E-state index contributed by atoms with van der Waals surface area (Å²) in [6.07, 6.45) is 2.89. The van der Waals surface area contributed by atoms with E-state index in [0.717, 1.165) is 0 Å². The van der Waals surface area contributed by atoms with Crippen molar-refractivity contribution in [1.82, 2.24) is 9.78 Å². The molecule has 0 amide bonds. The van der Waals surface area contributed by atoms with Crippen molar-refractivity contribution in [3.63, 3.8) is 0 Å². The van der Waals surface area contributed by atoms with Gasteiger partial charge in [-0.1, -0.05) is 0 Å². The van der Waals surface area contributed by atoms with Gasteiger partial charge in [-0.05, 0) is 20.8 Å². The number of ether oxygens (including phenoxy) is 1. The largest absolute Gasteiger partial charge is 0.466 e. The van der Waals surface area contributed by atoms with E-state index in [-0.39, 0.29) is 24.9 Å². The predicted molar refractivity (Wildman–Crippen MR) is 58.2 cm³/mol. The van der Waals surface area contributed by atoms with Gasteiger partial charge >= 0.3 is 5.97 Å². The summed E-state index contributed by atoms with van der Waals surface area (Å²) in [5.74, 6) is -0.754. The number of esters is 1. The Labute approximate surface area is 94.4 Å². The molecule has 0 aliphatic rings. The van der Waals surface area contributed by atoms with Crippen LogP contribution in [0.3, 0.4) is 0 Å². The van der Waals surface area contributed by atoms with Gasteiger partial charge in [0.15, 0.2) is 5.78 Å². The van der Waals surface area contributed by atoms with E-state index in [1.54, 1.807) is 17.8 Å². The second-order valence-corrected chi connectivity index (χ2v) is 3.71. The lowest BCUT2D eigenvalue weighted by molar-refractivity contribution is -0.141. The van der Waals surface area contributed by atoms with Gasteiger partial charge in [-0.15, -0.1) is 0 Å². The summed E-state index contributed by atoms with van der Waals surface area (Å²) < 4.78 is 6.38. The van der Waals surface area contributed by atoms with Crippen LogP contribution in [-0.4, -0.2) is 28.1 Å². The highest BCUT2D eigenvalue weighted by Gasteiger charge is 2.14. The van der Waals surface area contributed by atoms with E-state index < -0.39 is 5.97 Å². The summed E-state index contributed by atoms with van der Waals surface area (Å²) in [5, 5.41) is 4.03. The molecule has 0 N–H and O–H groups in total. The molecule has 0 fully saturated rings. The molecule has 88 valence electrons. The summed E-state index contributed by atoms with van der Waals surface area (Å²) in [4.78, 5) is 22.7. The third kappa shape index (κ3) is 3.18. The van der Waals surface area contributed by atoms with Gasteiger partial charge in [-0.25, -0.2) is 0 Å². The van der Waals surface area contributed by atoms with Crippen LogP contribution in [0.5, 0.6) is 0 Å². The van der Waals surface area contributed by atoms with Gasteiger partial charge in [0.05, 0.1) is 18.4 Å². The van der Waals surface area contributed by atoms with Gasteiger partial charge in [0.2, 0.25) is 0 Å². The smallest absolute Gasteiger partial charge is 0.313 e. The van der Waals surface area contributed by atoms with Gasteiger partial charge in [0.1, 0.15) is 6.42 Å². The first-order valence-electron chi connectivity index (χ1n) is 5.27. The molecule has 1 aromatic rings. The fourth-order valence-corrected chi connectivity index (χ4v) is 1.21. The molecule has 0 radical (unpaired) electrons. The standard InChI is InChI=1S/C11H16N2O3/c1-4-16-11(15)5-10(14)9-6-12-13(7-9)8(2)3/h6-8H,4-5H2,1-3H3. The number of carbonyl (C=O) groups excluding carboxylic acids is 2. The van der Waals surface area contributed by atoms with Gasteiger partial charge < -0.3 is 4.74 Å². The quantitative estimate of drug-likeness (QED) is 0.433. The summed E-state index contributed by atoms with van der Waals surface area (Å²) in [7, 11) is 0. The zero-order valence-corrected chi connectivity index (χ0v) is 9.77. The molecule has 0 bridgehead atoms. The summed E-state index contributed by atoms with van der Waals surface area (Å²) in [5.41, 5.74) is 0.446. The Balaban J connectivity index is 2.62. The molecule has 0 unspecified atom stereocenters. The Bertz CT molecular complexity index is 382. The van der Waals surface area contributed by atoms with Crippen LogP contribution in [0.2, 0.25) is 0 Å². The Morgan fingerprint density at radius 3 is 2.69 bits per heavy atom. The number of hydrogen-bond donors (Lipinski definition) is 0. The lowest BCUT2D eigenvalue weighted by atomic mass is 10.2. The molecule has 0 saturated heterocycles. The molecule has 5 heteroatoms. The maximum Gasteiger partial charge on any atom is 0.313 e. The van der Waals surface area contributed by atoms with Crippen molar-refractivity contribution >= 4 is 11.8 Å². The van der Waals surface area contributed by atoms with Crippen LogP contribution < -0.4 is 0 Å². The van der Waals surface area contributed by atoms with Crippen molar-refractivity contribution in [2.24, 2.45) is 0 Å². The van der Waals surface area contributed by atoms with Crippen molar-refractivity contribution in [3.05, 3.63) is 18.0 Å². The maximum absolute atomic E-state index is 11.6. The number of ketones is 1. The third-order valence-electron chi connectivity index (χ3n) is 2.06. The Kier molecular flexibility index (Phi) is 4.22. The molecule has 1 heterocycles. The first-order valence-corrected chi connectivity index (χ1v) is 5.27. The van der Waals surface area contributed by atoms with E-state index in [9.17, 15) is 9.59 Å². The normalized spacial score (nSPS) is 10.5. The summed E-state index contributed by atoms with van der Waals surface area (Å²) in [6, 6.07) is 0.198. The van der Waals surface area contributed by atoms with Crippen LogP contribution in [0.4, 0.5) is 0 Å². The van der Waals surface area contributed by atoms with E-state index in [4.69, 9.17) is 4.74 Å².